The summed E-state index contributed by atoms with van der Waals surface area (Å²) in [6.45, 7) is 1.75. The molecular formula is C26H18F5N3O4S. The van der Waals surface area contributed by atoms with Gasteiger partial charge in [-0.25, -0.2) is 18.2 Å². The van der Waals surface area contributed by atoms with Gasteiger partial charge in [0.05, 0.1) is 11.0 Å². The topological polar surface area (TPSA) is 82.5 Å². The summed E-state index contributed by atoms with van der Waals surface area (Å²) in [6, 6.07) is 11.1. The molecule has 7 nitrogen and oxygen atoms in total. The Kier molecular flexibility index (Phi) is 6.70. The number of imidazole rings is 1. The first-order chi connectivity index (χ1) is 18.5. The molecule has 2 heterocycles. The molecule has 1 saturated heterocycles. The average molecular weight is 564 g/mol. The minimum absolute atomic E-state index is 0.0445. The standard InChI is InChI=1S/C26H18F5N3O4S/c1-26(24(35)33-25(36)39-26)10-12-3-5-13(6-4-12)37-11-17-32-15-8-7-14(9-16(15)34(17)2)38-23-21(30)19(28)18(27)20(29)22(23)31/h3-9H,10-11H2,1-2H3,(H,33,35,36)/t26-/m0/s1. The maximum Gasteiger partial charge on any atom is 0.286 e. The van der Waals surface area contributed by atoms with Gasteiger partial charge in [-0.3, -0.25) is 14.9 Å². The van der Waals surface area contributed by atoms with E-state index in [1.54, 1.807) is 42.8 Å². The van der Waals surface area contributed by atoms with Crippen LogP contribution in [0.1, 0.15) is 18.3 Å². The van der Waals surface area contributed by atoms with Gasteiger partial charge in [0.2, 0.25) is 40.7 Å². The van der Waals surface area contributed by atoms with Gasteiger partial charge < -0.3 is 14.0 Å². The number of aromatic nitrogens is 2. The number of carbonyl (C=O) groups excluding carboxylic acids is 2. The molecule has 1 fully saturated rings. The van der Waals surface area contributed by atoms with Crippen molar-refractivity contribution in [3.05, 3.63) is 82.9 Å². The Morgan fingerprint density at radius 1 is 0.923 bits per heavy atom. The molecule has 39 heavy (non-hydrogen) atoms. The third kappa shape index (κ3) is 4.89. The monoisotopic (exact) mass is 563 g/mol. The van der Waals surface area contributed by atoms with Crippen LogP contribution in [0.5, 0.6) is 17.2 Å². The number of hydrogen-bond acceptors (Lipinski definition) is 6. The maximum absolute atomic E-state index is 14.0. The molecular weight excluding hydrogens is 545 g/mol. The molecule has 0 bridgehead atoms. The number of aryl methyl sites for hydroxylation is 1. The molecule has 13 heteroatoms. The number of imide groups is 1. The van der Waals surface area contributed by atoms with Crippen LogP contribution in [0.15, 0.2) is 42.5 Å². The van der Waals surface area contributed by atoms with E-state index in [2.05, 4.69) is 10.3 Å². The fraction of sp³-hybridized carbons (Fsp3) is 0.192. The third-order valence-corrected chi connectivity index (χ3v) is 7.25. The predicted molar refractivity (Wildman–Crippen MR) is 131 cm³/mol. The van der Waals surface area contributed by atoms with Crippen molar-refractivity contribution in [2.45, 2.75) is 24.7 Å². The molecule has 0 saturated carbocycles. The number of thioether (sulfide) groups is 1. The van der Waals surface area contributed by atoms with Gasteiger partial charge in [0.15, 0.2) is 0 Å². The summed E-state index contributed by atoms with van der Waals surface area (Å²) in [5.74, 6) is -11.6. The van der Waals surface area contributed by atoms with Crippen LogP contribution < -0.4 is 14.8 Å². The smallest absolute Gasteiger partial charge is 0.286 e. The van der Waals surface area contributed by atoms with Crippen LogP contribution in [-0.2, 0) is 24.9 Å². The lowest BCUT2D eigenvalue weighted by Crippen LogP contribution is -2.35. The molecule has 0 spiro atoms. The molecule has 5 rings (SSSR count). The van der Waals surface area contributed by atoms with Crippen LogP contribution in [0.4, 0.5) is 26.7 Å². The number of nitrogens with one attached hydrogen (secondary N) is 1. The van der Waals surface area contributed by atoms with Crippen molar-refractivity contribution in [2.75, 3.05) is 0 Å². The summed E-state index contributed by atoms with van der Waals surface area (Å²) in [7, 11) is 1.66. The number of hydrogen-bond donors (Lipinski definition) is 1. The van der Waals surface area contributed by atoms with Gasteiger partial charge in [0, 0.05) is 13.1 Å². The highest BCUT2D eigenvalue weighted by Crippen LogP contribution is 2.36. The molecule has 202 valence electrons. The number of fused-ring (bicyclic) bond motifs is 1. The van der Waals surface area contributed by atoms with Crippen molar-refractivity contribution in [3.8, 4) is 17.2 Å². The molecule has 1 aliphatic rings. The quantitative estimate of drug-likeness (QED) is 0.171. The molecule has 0 radical (unpaired) electrons. The van der Waals surface area contributed by atoms with Crippen LogP contribution in [0.3, 0.4) is 0 Å². The lowest BCUT2D eigenvalue weighted by molar-refractivity contribution is -0.121. The summed E-state index contributed by atoms with van der Waals surface area (Å²) in [5, 5.41) is 1.91. The van der Waals surface area contributed by atoms with E-state index in [0.29, 0.717) is 29.0 Å². The van der Waals surface area contributed by atoms with Crippen LogP contribution in [-0.4, -0.2) is 25.4 Å². The summed E-state index contributed by atoms with van der Waals surface area (Å²) in [5.41, 5.74) is 1.78. The zero-order chi connectivity index (χ0) is 28.1. The number of amides is 2. The fourth-order valence-corrected chi connectivity index (χ4v) is 5.00. The molecule has 0 unspecified atom stereocenters. The van der Waals surface area contributed by atoms with Gasteiger partial charge in [-0.1, -0.05) is 12.1 Å². The van der Waals surface area contributed by atoms with Crippen LogP contribution in [0, 0.1) is 29.1 Å². The molecule has 0 aliphatic carbocycles. The minimum Gasteiger partial charge on any atom is -0.486 e. The van der Waals surface area contributed by atoms with Crippen LogP contribution >= 0.6 is 11.8 Å². The third-order valence-electron chi connectivity index (χ3n) is 6.18. The Bertz CT molecular complexity index is 1610. The van der Waals surface area contributed by atoms with E-state index < -0.39 is 39.6 Å². The Balaban J connectivity index is 1.29. The number of nitrogens with zero attached hydrogens (tertiary/aromatic N) is 2. The molecule has 1 N–H and O–H groups in total. The van der Waals surface area contributed by atoms with Crippen molar-refractivity contribution in [1.82, 2.24) is 14.9 Å². The van der Waals surface area contributed by atoms with Crippen molar-refractivity contribution < 1.29 is 41.0 Å². The number of benzene rings is 3. The molecule has 1 aliphatic heterocycles. The lowest BCUT2D eigenvalue weighted by atomic mass is 9.99. The fourth-order valence-electron chi connectivity index (χ4n) is 4.06. The van der Waals surface area contributed by atoms with E-state index >= 15 is 0 Å². The van der Waals surface area contributed by atoms with E-state index in [4.69, 9.17) is 9.47 Å². The second-order valence-corrected chi connectivity index (χ2v) is 10.4. The summed E-state index contributed by atoms with van der Waals surface area (Å²) in [6.07, 6.45) is 0.357. The SMILES string of the molecule is Cn1c(COc2ccc(C[C@]3(C)SC(=O)NC3=O)cc2)nc2ccc(Oc3c(F)c(F)c(F)c(F)c3F)cc21. The normalized spacial score (nSPS) is 17.1. The second kappa shape index (κ2) is 9.88. The van der Waals surface area contributed by atoms with Gasteiger partial charge in [-0.2, -0.15) is 8.78 Å². The Morgan fingerprint density at radius 2 is 1.54 bits per heavy atom. The zero-order valence-corrected chi connectivity index (χ0v) is 21.1. The Hall–Kier alpha value is -4.13. The van der Waals surface area contributed by atoms with Crippen LogP contribution in [0.25, 0.3) is 11.0 Å². The summed E-state index contributed by atoms with van der Waals surface area (Å²) < 4.78 is 79.9. The molecule has 1 aromatic heterocycles. The van der Waals surface area contributed by atoms with Crippen molar-refractivity contribution in [1.29, 1.82) is 0 Å². The number of ether oxygens (including phenoxy) is 2. The minimum atomic E-state index is -2.27. The van der Waals surface area contributed by atoms with E-state index in [1.807, 2.05) is 0 Å². The first kappa shape index (κ1) is 26.5. The lowest BCUT2D eigenvalue weighted by Gasteiger charge is -2.18. The van der Waals surface area contributed by atoms with E-state index in [1.165, 1.54) is 18.2 Å². The highest BCUT2D eigenvalue weighted by Gasteiger charge is 2.43. The van der Waals surface area contributed by atoms with Gasteiger partial charge >= 0.3 is 0 Å². The number of rotatable bonds is 7. The van der Waals surface area contributed by atoms with Gasteiger partial charge in [0.1, 0.15) is 28.7 Å². The van der Waals surface area contributed by atoms with E-state index in [-0.39, 0.29) is 23.5 Å². The molecule has 4 aromatic rings. The van der Waals surface area contributed by atoms with Gasteiger partial charge in [-0.15, -0.1) is 0 Å². The van der Waals surface area contributed by atoms with Crippen molar-refractivity contribution in [2.24, 2.45) is 7.05 Å². The molecule has 1 atom stereocenters. The highest BCUT2D eigenvalue weighted by molar-refractivity contribution is 8.16. The molecule has 3 aromatic carbocycles. The van der Waals surface area contributed by atoms with Crippen LogP contribution in [0.2, 0.25) is 0 Å². The van der Waals surface area contributed by atoms with Gasteiger partial charge in [0.25, 0.3) is 5.24 Å². The largest absolute Gasteiger partial charge is 0.486 e. The number of halogens is 5. The van der Waals surface area contributed by atoms with E-state index in [9.17, 15) is 31.5 Å². The van der Waals surface area contributed by atoms with Crippen molar-refractivity contribution in [3.63, 3.8) is 0 Å². The first-order valence-electron chi connectivity index (χ1n) is 11.4. The summed E-state index contributed by atoms with van der Waals surface area (Å²) >= 11 is 0.954. The Labute approximate surface area is 221 Å². The van der Waals surface area contributed by atoms with Crippen molar-refractivity contribution >= 4 is 33.9 Å². The highest BCUT2D eigenvalue weighted by atomic mass is 32.2. The predicted octanol–water partition coefficient (Wildman–Crippen LogP) is 5.92. The zero-order valence-electron chi connectivity index (χ0n) is 20.3. The first-order valence-corrected chi connectivity index (χ1v) is 12.2. The molecule has 2 amide bonds. The Morgan fingerprint density at radius 3 is 2.15 bits per heavy atom. The second-order valence-electron chi connectivity index (χ2n) is 8.92. The van der Waals surface area contributed by atoms with Gasteiger partial charge in [-0.05, 0) is 54.9 Å². The number of carbonyl (C=O) groups is 2. The average Bonchev–Trinajstić information content (AvgIpc) is 3.36. The maximum atomic E-state index is 14.0. The summed E-state index contributed by atoms with van der Waals surface area (Å²) in [4.78, 5) is 28.0. The van der Waals surface area contributed by atoms with E-state index in [0.717, 1.165) is 17.3 Å².